The fourth-order valence-electron chi connectivity index (χ4n) is 0.900. The summed E-state index contributed by atoms with van der Waals surface area (Å²) in [6.07, 6.45) is -0.00843. The normalized spacial score (nSPS) is 34.2. The van der Waals surface area contributed by atoms with Crippen molar-refractivity contribution in [2.75, 3.05) is 13.2 Å². The summed E-state index contributed by atoms with van der Waals surface area (Å²) in [5.41, 5.74) is 0. The SMILES string of the molecule is N#CC[C@H]1COC[C@@H]1O. The van der Waals surface area contributed by atoms with Gasteiger partial charge in [0.25, 0.3) is 0 Å². The molecule has 3 heteroatoms. The van der Waals surface area contributed by atoms with E-state index in [1.807, 2.05) is 6.07 Å². The lowest BCUT2D eigenvalue weighted by molar-refractivity contribution is 0.119. The van der Waals surface area contributed by atoms with Gasteiger partial charge in [-0.2, -0.15) is 5.26 Å². The highest BCUT2D eigenvalue weighted by molar-refractivity contribution is 4.83. The van der Waals surface area contributed by atoms with Gasteiger partial charge in [-0.1, -0.05) is 0 Å². The summed E-state index contributed by atoms with van der Waals surface area (Å²) in [4.78, 5) is 0. The maximum Gasteiger partial charge on any atom is 0.0833 e. The summed E-state index contributed by atoms with van der Waals surface area (Å²) in [7, 11) is 0. The number of nitriles is 1. The first-order valence-electron chi connectivity index (χ1n) is 2.97. The highest BCUT2D eigenvalue weighted by Crippen LogP contribution is 2.15. The molecule has 0 bridgehead atoms. The Labute approximate surface area is 53.9 Å². The lowest BCUT2D eigenvalue weighted by Crippen LogP contribution is -2.16. The van der Waals surface area contributed by atoms with Gasteiger partial charge in [0.05, 0.1) is 25.4 Å². The average molecular weight is 127 g/mol. The number of nitrogens with zero attached hydrogens (tertiary/aromatic N) is 1. The van der Waals surface area contributed by atoms with Crippen LogP contribution in [0.15, 0.2) is 0 Å². The molecule has 3 nitrogen and oxygen atoms in total. The second-order valence-electron chi connectivity index (χ2n) is 2.23. The molecule has 0 aromatic heterocycles. The summed E-state index contributed by atoms with van der Waals surface area (Å²) in [6, 6.07) is 2.00. The van der Waals surface area contributed by atoms with Crippen molar-refractivity contribution in [1.29, 1.82) is 5.26 Å². The molecule has 0 aromatic rings. The van der Waals surface area contributed by atoms with Gasteiger partial charge in [-0.05, 0) is 0 Å². The van der Waals surface area contributed by atoms with Gasteiger partial charge in [0.1, 0.15) is 0 Å². The van der Waals surface area contributed by atoms with Crippen molar-refractivity contribution in [3.63, 3.8) is 0 Å². The Kier molecular flexibility index (Phi) is 2.04. The molecule has 1 N–H and O–H groups in total. The van der Waals surface area contributed by atoms with E-state index in [1.165, 1.54) is 0 Å². The molecule has 0 saturated carbocycles. The Morgan fingerprint density at radius 1 is 1.67 bits per heavy atom. The zero-order chi connectivity index (χ0) is 6.69. The van der Waals surface area contributed by atoms with E-state index in [0.717, 1.165) is 0 Å². The van der Waals surface area contributed by atoms with E-state index >= 15 is 0 Å². The summed E-state index contributed by atoms with van der Waals surface area (Å²) in [5.74, 6) is 0.0509. The van der Waals surface area contributed by atoms with Gasteiger partial charge >= 0.3 is 0 Å². The van der Waals surface area contributed by atoms with Crippen LogP contribution < -0.4 is 0 Å². The molecule has 9 heavy (non-hydrogen) atoms. The predicted octanol–water partition coefficient (Wildman–Crippen LogP) is -0.0926. The average Bonchev–Trinajstić information content (AvgIpc) is 2.18. The minimum atomic E-state index is -0.412. The van der Waals surface area contributed by atoms with Crippen molar-refractivity contribution in [2.24, 2.45) is 5.92 Å². The fourth-order valence-corrected chi connectivity index (χ4v) is 0.900. The van der Waals surface area contributed by atoms with Crippen molar-refractivity contribution >= 4 is 0 Å². The Morgan fingerprint density at radius 2 is 2.44 bits per heavy atom. The molecule has 2 atom stereocenters. The van der Waals surface area contributed by atoms with Crippen LogP contribution in [0.2, 0.25) is 0 Å². The lowest BCUT2D eigenvalue weighted by atomic mass is 10.0. The van der Waals surface area contributed by atoms with Crippen LogP contribution in [-0.4, -0.2) is 24.4 Å². The maximum absolute atomic E-state index is 9.04. The number of ether oxygens (including phenoxy) is 1. The molecule has 0 aliphatic carbocycles. The van der Waals surface area contributed by atoms with Crippen LogP contribution in [0.5, 0.6) is 0 Å². The van der Waals surface area contributed by atoms with Crippen molar-refractivity contribution in [3.05, 3.63) is 0 Å². The molecule has 1 aliphatic heterocycles. The van der Waals surface area contributed by atoms with E-state index in [1.54, 1.807) is 0 Å². The van der Waals surface area contributed by atoms with Crippen molar-refractivity contribution < 1.29 is 9.84 Å². The van der Waals surface area contributed by atoms with Crippen molar-refractivity contribution in [1.82, 2.24) is 0 Å². The number of aliphatic hydroxyl groups excluding tert-OH is 1. The summed E-state index contributed by atoms with van der Waals surface area (Å²) in [6.45, 7) is 0.932. The van der Waals surface area contributed by atoms with Crippen LogP contribution in [0.1, 0.15) is 6.42 Å². The first-order chi connectivity index (χ1) is 4.34. The topological polar surface area (TPSA) is 53.2 Å². The fraction of sp³-hybridized carbons (Fsp3) is 0.833. The van der Waals surface area contributed by atoms with E-state index < -0.39 is 6.10 Å². The minimum absolute atomic E-state index is 0.0509. The second kappa shape index (κ2) is 2.81. The quantitative estimate of drug-likeness (QED) is 0.535. The molecule has 0 radical (unpaired) electrons. The molecule has 0 amide bonds. The monoisotopic (exact) mass is 127 g/mol. The number of rotatable bonds is 1. The summed E-state index contributed by atoms with van der Waals surface area (Å²) >= 11 is 0. The van der Waals surface area contributed by atoms with Crippen LogP contribution in [0.4, 0.5) is 0 Å². The molecule has 1 saturated heterocycles. The first-order valence-corrected chi connectivity index (χ1v) is 2.97. The predicted molar refractivity (Wildman–Crippen MR) is 30.5 cm³/mol. The van der Waals surface area contributed by atoms with Gasteiger partial charge in [-0.3, -0.25) is 0 Å². The third kappa shape index (κ3) is 1.41. The van der Waals surface area contributed by atoms with Crippen LogP contribution >= 0.6 is 0 Å². The third-order valence-electron chi connectivity index (χ3n) is 1.52. The van der Waals surface area contributed by atoms with Gasteiger partial charge in [-0.15, -0.1) is 0 Å². The van der Waals surface area contributed by atoms with Gasteiger partial charge in [0.2, 0.25) is 0 Å². The van der Waals surface area contributed by atoms with Gasteiger partial charge < -0.3 is 9.84 Å². The minimum Gasteiger partial charge on any atom is -0.390 e. The number of aliphatic hydroxyl groups is 1. The highest BCUT2D eigenvalue weighted by Gasteiger charge is 2.25. The Hall–Kier alpha value is -0.590. The van der Waals surface area contributed by atoms with Gasteiger partial charge in [0, 0.05) is 12.3 Å². The largest absolute Gasteiger partial charge is 0.390 e. The van der Waals surface area contributed by atoms with E-state index in [9.17, 15) is 0 Å². The third-order valence-corrected chi connectivity index (χ3v) is 1.52. The zero-order valence-corrected chi connectivity index (χ0v) is 5.08. The van der Waals surface area contributed by atoms with E-state index in [2.05, 4.69) is 0 Å². The van der Waals surface area contributed by atoms with Crippen LogP contribution in [-0.2, 0) is 4.74 Å². The molecule has 1 heterocycles. The van der Waals surface area contributed by atoms with Crippen molar-refractivity contribution in [3.8, 4) is 6.07 Å². The highest BCUT2D eigenvalue weighted by atomic mass is 16.5. The van der Waals surface area contributed by atoms with Crippen LogP contribution in [0, 0.1) is 17.2 Å². The van der Waals surface area contributed by atoms with Crippen LogP contribution in [0.3, 0.4) is 0 Å². The van der Waals surface area contributed by atoms with Crippen molar-refractivity contribution in [2.45, 2.75) is 12.5 Å². The van der Waals surface area contributed by atoms with E-state index in [-0.39, 0.29) is 5.92 Å². The molecule has 1 aliphatic rings. The summed E-state index contributed by atoms with van der Waals surface area (Å²) in [5, 5.41) is 17.3. The van der Waals surface area contributed by atoms with Gasteiger partial charge in [-0.25, -0.2) is 0 Å². The van der Waals surface area contributed by atoms with Crippen LogP contribution in [0.25, 0.3) is 0 Å². The zero-order valence-electron chi connectivity index (χ0n) is 5.08. The molecule has 0 unspecified atom stereocenters. The second-order valence-corrected chi connectivity index (χ2v) is 2.23. The Morgan fingerprint density at radius 3 is 2.89 bits per heavy atom. The molecule has 0 spiro atoms. The molecule has 50 valence electrons. The molecule has 1 fully saturated rings. The van der Waals surface area contributed by atoms with E-state index in [4.69, 9.17) is 15.1 Å². The molecule has 1 rings (SSSR count). The molecular formula is C6H9NO2. The number of hydrogen-bond acceptors (Lipinski definition) is 3. The Balaban J connectivity index is 2.33. The number of hydrogen-bond donors (Lipinski definition) is 1. The van der Waals surface area contributed by atoms with E-state index in [0.29, 0.717) is 19.6 Å². The smallest absolute Gasteiger partial charge is 0.0833 e. The summed E-state index contributed by atoms with van der Waals surface area (Å²) < 4.78 is 4.92. The van der Waals surface area contributed by atoms with Gasteiger partial charge in [0.15, 0.2) is 0 Å². The Bertz CT molecular complexity index is 130. The first kappa shape index (κ1) is 6.53. The molecule has 0 aromatic carbocycles. The lowest BCUT2D eigenvalue weighted by Gasteiger charge is -2.04. The maximum atomic E-state index is 9.04. The standard InChI is InChI=1S/C6H9NO2/c7-2-1-5-3-9-4-6(5)8/h5-6,8H,1,3-4H2/t5-,6-/m0/s1. The molecular weight excluding hydrogens is 118 g/mol.